The molecule has 6 heterocycles. The van der Waals surface area contributed by atoms with Gasteiger partial charge in [-0.3, -0.25) is 19.9 Å². The molecule has 0 atom stereocenters. The van der Waals surface area contributed by atoms with E-state index in [-0.39, 0.29) is 0 Å². The lowest BCUT2D eigenvalue weighted by Crippen LogP contribution is -1.93. The van der Waals surface area contributed by atoms with Crippen molar-refractivity contribution in [3.63, 3.8) is 0 Å². The summed E-state index contributed by atoms with van der Waals surface area (Å²) in [6, 6.07) is 148. The predicted molar refractivity (Wildman–Crippen MR) is 618 cm³/mol. The number of benzene rings is 18. The molecule has 6 heteroatoms. The molecule has 0 aliphatic rings. The molecule has 0 radical (unpaired) electrons. The molecule has 696 valence electrons. The Hall–Kier alpha value is -16.0. The van der Waals surface area contributed by atoms with Gasteiger partial charge in [0.25, 0.3) is 0 Å². The van der Waals surface area contributed by atoms with Gasteiger partial charge in [-0.2, -0.15) is 0 Å². The van der Waals surface area contributed by atoms with E-state index in [0.717, 1.165) is 33.9 Å². The van der Waals surface area contributed by atoms with Gasteiger partial charge in [-0.05, 0) is 340 Å². The van der Waals surface area contributed by atoms with E-state index in [0.29, 0.717) is 0 Å². The van der Waals surface area contributed by atoms with E-state index in [4.69, 9.17) is 0 Å². The maximum Gasteiger partial charge on any atom is 0.0886 e. The number of aromatic nitrogens is 4. The molecule has 24 aromatic rings. The normalized spacial score (nSPS) is 10.8. The minimum atomic E-state index is 0.926. The van der Waals surface area contributed by atoms with E-state index in [1.807, 2.05) is 112 Å². The summed E-state index contributed by atoms with van der Waals surface area (Å²) < 4.78 is 0. The molecule has 4 nitrogen and oxygen atoms in total. The fourth-order valence-electron chi connectivity index (χ4n) is 18.8. The van der Waals surface area contributed by atoms with Gasteiger partial charge in [-0.25, -0.2) is 0 Å². The first-order chi connectivity index (χ1) is 69.0. The molecule has 0 spiro atoms. The lowest BCUT2D eigenvalue weighted by atomic mass is 9.83. The van der Waals surface area contributed by atoms with Gasteiger partial charge >= 0.3 is 0 Å². The Kier molecular flexibility index (Phi) is 31.2. The van der Waals surface area contributed by atoms with Crippen molar-refractivity contribution >= 4 is 109 Å². The monoisotopic (exact) mass is 1870 g/mol. The zero-order valence-electron chi connectivity index (χ0n) is 84.2. The summed E-state index contributed by atoms with van der Waals surface area (Å²) in [5, 5.41) is 21.3. The molecule has 0 bridgehead atoms. The van der Waals surface area contributed by atoms with Crippen molar-refractivity contribution in [2.45, 2.75) is 111 Å². The molecule has 24 rings (SSSR count). The summed E-state index contributed by atoms with van der Waals surface area (Å²) in [5.41, 5.74) is 34.9. The van der Waals surface area contributed by atoms with Crippen LogP contribution >= 0.6 is 22.7 Å². The first kappa shape index (κ1) is 97.7. The SMILES string of the molecule is Cc1c2ccccc2c(-c2c3ccccc3c(C)c3ccccc23)c2ccccc12.Cc1ccc(-c2c3ccccc3c(C)c3ccccc23)cc1.Cc1ccc(-c2ccc(C)c3ccccc23)c2ccccc12.Cc1ccc(-c2ccc(C)cc2)cc1.Cc1ccc(-c2ccc(C)cn2)nc1.Cc1ccc(-c2ccc(C)nc2)cn1.Cc1ccc(-c2ccc(C)s2)s1.Cc1cccc(-c2cccc(C)c2)c1. The van der Waals surface area contributed by atoms with Gasteiger partial charge in [0.05, 0.1) is 11.4 Å². The van der Waals surface area contributed by atoms with Crippen molar-refractivity contribution < 1.29 is 0 Å². The third-order valence-corrected chi connectivity index (χ3v) is 28.7. The van der Waals surface area contributed by atoms with Gasteiger partial charge in [0, 0.05) is 66.8 Å². The Morgan fingerprint density at radius 1 is 0.162 bits per heavy atom. The second kappa shape index (κ2) is 45.3. The van der Waals surface area contributed by atoms with Gasteiger partial charge in [0.15, 0.2) is 0 Å². The first-order valence-corrected chi connectivity index (χ1v) is 50.5. The molecule has 6 aromatic heterocycles. The molecule has 142 heavy (non-hydrogen) atoms. The van der Waals surface area contributed by atoms with Crippen LogP contribution in [0.4, 0.5) is 0 Å². The molecule has 18 aromatic carbocycles. The molecule has 0 aliphatic carbocycles. The number of pyridine rings is 4. The van der Waals surface area contributed by atoms with Gasteiger partial charge in [-0.15, -0.1) is 22.7 Å². The maximum atomic E-state index is 4.32. The molecule has 0 fully saturated rings. The zero-order valence-corrected chi connectivity index (χ0v) is 85.8. The standard InChI is InChI=1S/C30H22.2C22H18.2C14H14.2C12H12N2.C10H10S2/c1-19-21-11-3-7-15-25(21)29(26-16-8-4-12-22(19)26)30-27-17-9-5-13-23(27)20(2)24-14-6-10-18-28(24)30;1-15-11-13-21(19-9-5-3-7-17(15)19)22-14-12-16(2)18-8-4-6-10-20(18)22;1-15-11-13-17(14-12-15)22-20-9-5-3-7-18(20)16(2)19-8-4-6-10-21(19)22;1-11-3-7-13(8-4-11)14-9-5-12(2)6-10-14;1-11-5-3-7-13(9-11)14-8-4-6-12(2)10-14;1-9-3-5-11(7-13-9)12-6-4-10(2)14-8-12;1-9-3-5-11(13-7-9)12-6-4-10(2)8-14-12;1-7-3-5-9(11-7)10-6-4-8(2)12-10/h3-18H,1-2H3;2*3-14H,1-2H3;2*3-10H,1-2H3;2*3-8H,1-2H3;3-6H,1-2H3. The van der Waals surface area contributed by atoms with E-state index < -0.39 is 0 Å². The van der Waals surface area contributed by atoms with Gasteiger partial charge in [-0.1, -0.05) is 392 Å². The van der Waals surface area contributed by atoms with Crippen LogP contribution in [0.15, 0.2) is 437 Å². The van der Waals surface area contributed by atoms with Crippen molar-refractivity contribution in [1.82, 2.24) is 19.9 Å². The Bertz CT molecular complexity index is 7730. The summed E-state index contributed by atoms with van der Waals surface area (Å²) in [4.78, 5) is 22.7. The predicted octanol–water partition coefficient (Wildman–Crippen LogP) is 38.7. The Labute approximate surface area is 846 Å². The fraction of sp³-hybridized carbons (Fsp3) is 0.118. The van der Waals surface area contributed by atoms with Crippen molar-refractivity contribution in [3.05, 3.63) is 525 Å². The highest BCUT2D eigenvalue weighted by molar-refractivity contribution is 7.22. The van der Waals surface area contributed by atoms with E-state index in [1.54, 1.807) is 0 Å². The Balaban J connectivity index is 0.000000114. The average Bonchev–Trinajstić information content (AvgIpc) is 0.828. The lowest BCUT2D eigenvalue weighted by Gasteiger charge is -2.20. The highest BCUT2D eigenvalue weighted by atomic mass is 32.1. The lowest BCUT2D eigenvalue weighted by molar-refractivity contribution is 1.18. The molecule has 0 unspecified atom stereocenters. The minimum absolute atomic E-state index is 0.926. The van der Waals surface area contributed by atoms with Crippen LogP contribution < -0.4 is 0 Å². The second-order valence-electron chi connectivity index (χ2n) is 37.2. The van der Waals surface area contributed by atoms with Crippen molar-refractivity contribution in [2.24, 2.45) is 0 Å². The maximum absolute atomic E-state index is 4.32. The number of fused-ring (bicyclic) bond motifs is 8. The molecular formula is C136H120N4S2. The third kappa shape index (κ3) is 23.0. The van der Waals surface area contributed by atoms with Gasteiger partial charge in [0.2, 0.25) is 0 Å². The third-order valence-electron chi connectivity index (χ3n) is 26.5. The van der Waals surface area contributed by atoms with Crippen LogP contribution in [0.2, 0.25) is 0 Å². The fourth-order valence-corrected chi connectivity index (χ4v) is 20.6. The van der Waals surface area contributed by atoms with Crippen molar-refractivity contribution in [2.75, 3.05) is 0 Å². The number of thiophene rings is 2. The molecule has 0 amide bonds. The first-order valence-electron chi connectivity index (χ1n) is 48.9. The van der Waals surface area contributed by atoms with Crippen molar-refractivity contribution in [3.8, 4) is 87.9 Å². The Morgan fingerprint density at radius 2 is 0.437 bits per heavy atom. The highest BCUT2D eigenvalue weighted by Crippen LogP contribution is 2.48. The number of hydrogen-bond acceptors (Lipinski definition) is 6. The minimum Gasteiger partial charge on any atom is -0.261 e. The molecule has 0 N–H and O–H groups in total. The highest BCUT2D eigenvalue weighted by Gasteiger charge is 2.21. The molecule has 0 saturated heterocycles. The van der Waals surface area contributed by atoms with Crippen LogP contribution in [0.1, 0.15) is 87.9 Å². The zero-order chi connectivity index (χ0) is 98.9. The largest absolute Gasteiger partial charge is 0.261 e. The van der Waals surface area contributed by atoms with E-state index in [1.165, 1.54) is 228 Å². The van der Waals surface area contributed by atoms with Crippen LogP contribution in [0.5, 0.6) is 0 Å². The molecule has 0 aliphatic heterocycles. The average molecular weight is 1870 g/mol. The molecular weight excluding hydrogens is 1750 g/mol. The van der Waals surface area contributed by atoms with Gasteiger partial charge in [0.1, 0.15) is 0 Å². The number of hydrogen-bond donors (Lipinski definition) is 0. The quantitative estimate of drug-likeness (QED) is 0.142. The summed E-state index contributed by atoms with van der Waals surface area (Å²) in [6.45, 7) is 34.0. The smallest absolute Gasteiger partial charge is 0.0886 e. The van der Waals surface area contributed by atoms with Crippen LogP contribution in [-0.4, -0.2) is 19.9 Å². The van der Waals surface area contributed by atoms with Crippen LogP contribution in [0.25, 0.3) is 174 Å². The summed E-state index contributed by atoms with van der Waals surface area (Å²) >= 11 is 3.73. The van der Waals surface area contributed by atoms with Crippen LogP contribution in [-0.2, 0) is 0 Å². The van der Waals surface area contributed by atoms with Crippen LogP contribution in [0, 0.1) is 111 Å². The number of aryl methyl sites for hydroxylation is 16. The summed E-state index contributed by atoms with van der Waals surface area (Å²) in [6.07, 6.45) is 7.47. The topological polar surface area (TPSA) is 51.6 Å². The van der Waals surface area contributed by atoms with Crippen molar-refractivity contribution in [1.29, 1.82) is 0 Å². The van der Waals surface area contributed by atoms with Crippen LogP contribution in [0.3, 0.4) is 0 Å². The van der Waals surface area contributed by atoms with E-state index >= 15 is 0 Å². The van der Waals surface area contributed by atoms with Gasteiger partial charge < -0.3 is 0 Å². The van der Waals surface area contributed by atoms with E-state index in [2.05, 4.69) is 479 Å². The van der Waals surface area contributed by atoms with E-state index in [9.17, 15) is 0 Å². The molecule has 0 saturated carbocycles. The Morgan fingerprint density at radius 3 is 0.711 bits per heavy atom. The number of nitrogens with zero attached hydrogens (tertiary/aromatic N) is 4. The summed E-state index contributed by atoms with van der Waals surface area (Å²) in [5.74, 6) is 0. The second-order valence-corrected chi connectivity index (χ2v) is 39.8. The summed E-state index contributed by atoms with van der Waals surface area (Å²) in [7, 11) is 0. The number of rotatable bonds is 8.